The second-order valence-corrected chi connectivity index (χ2v) is 7.45. The minimum atomic E-state index is 0.00978. The van der Waals surface area contributed by atoms with Gasteiger partial charge < -0.3 is 9.64 Å². The fourth-order valence-corrected chi connectivity index (χ4v) is 3.30. The molecule has 0 unspecified atom stereocenters. The smallest absolute Gasteiger partial charge is 0.342 e. The maximum atomic E-state index is 12.6. The number of aromatic nitrogens is 2. The summed E-state index contributed by atoms with van der Waals surface area (Å²) in [5.41, 5.74) is 3.23. The molecule has 1 aromatic heterocycles. The first-order valence-electron chi connectivity index (χ1n) is 10.4. The molecule has 5 nitrogen and oxygen atoms in total. The molecule has 0 atom stereocenters. The lowest BCUT2D eigenvalue weighted by atomic mass is 10.1. The van der Waals surface area contributed by atoms with Gasteiger partial charge >= 0.3 is 6.03 Å². The van der Waals surface area contributed by atoms with Crippen molar-refractivity contribution in [2.24, 2.45) is 7.05 Å². The Balaban J connectivity index is 1.56. The van der Waals surface area contributed by atoms with E-state index >= 15 is 0 Å². The van der Waals surface area contributed by atoms with E-state index in [9.17, 15) is 4.79 Å². The standard InChI is InChI=1S/C24H31N3O2/c1-4-5-6-10-17-25(2)24(28)27-18-23(26(27)3)21-13-15-22(16-14-21)29-19-20-11-8-7-9-12-20/h7-9,11-16,18H,4-6,10,17,19H2,1-3H3. The Bertz CT molecular complexity index is 894. The molecule has 2 aromatic carbocycles. The first kappa shape index (κ1) is 20.8. The van der Waals surface area contributed by atoms with E-state index in [-0.39, 0.29) is 6.03 Å². The van der Waals surface area contributed by atoms with Crippen molar-refractivity contribution in [1.29, 1.82) is 0 Å². The maximum absolute atomic E-state index is 12.6. The predicted octanol–water partition coefficient (Wildman–Crippen LogP) is 5.55. The fourth-order valence-electron chi connectivity index (χ4n) is 3.30. The fraction of sp³-hybridized carbons (Fsp3) is 0.375. The quantitative estimate of drug-likeness (QED) is 0.447. The van der Waals surface area contributed by atoms with Gasteiger partial charge in [0.1, 0.15) is 12.4 Å². The monoisotopic (exact) mass is 393 g/mol. The molecular weight excluding hydrogens is 362 g/mol. The van der Waals surface area contributed by atoms with Gasteiger partial charge in [0.05, 0.1) is 11.9 Å². The Labute approximate surface area is 173 Å². The number of nitrogens with zero attached hydrogens (tertiary/aromatic N) is 3. The third-order valence-corrected chi connectivity index (χ3v) is 5.18. The number of amides is 1. The molecule has 3 aromatic rings. The molecule has 0 spiro atoms. The van der Waals surface area contributed by atoms with Crippen molar-refractivity contribution in [2.45, 2.75) is 39.2 Å². The van der Waals surface area contributed by atoms with Gasteiger partial charge in [-0.15, -0.1) is 0 Å². The van der Waals surface area contributed by atoms with Gasteiger partial charge in [-0.3, -0.25) is 4.68 Å². The van der Waals surface area contributed by atoms with Gasteiger partial charge in [-0.2, -0.15) is 0 Å². The molecule has 0 aliphatic heterocycles. The molecule has 5 heteroatoms. The van der Waals surface area contributed by atoms with Gasteiger partial charge in [0.25, 0.3) is 0 Å². The lowest BCUT2D eigenvalue weighted by Gasteiger charge is -2.26. The number of benzene rings is 2. The van der Waals surface area contributed by atoms with Crippen molar-refractivity contribution >= 4 is 6.03 Å². The van der Waals surface area contributed by atoms with Gasteiger partial charge in [-0.1, -0.05) is 56.5 Å². The Hall–Kier alpha value is -2.95. The molecule has 0 aliphatic carbocycles. The van der Waals surface area contributed by atoms with Crippen molar-refractivity contribution < 1.29 is 9.53 Å². The van der Waals surface area contributed by atoms with Crippen LogP contribution in [0.3, 0.4) is 0 Å². The predicted molar refractivity (Wildman–Crippen MR) is 117 cm³/mol. The second-order valence-electron chi connectivity index (χ2n) is 7.45. The highest BCUT2D eigenvalue weighted by atomic mass is 16.5. The van der Waals surface area contributed by atoms with Crippen LogP contribution < -0.4 is 4.74 Å². The van der Waals surface area contributed by atoms with E-state index in [2.05, 4.69) is 19.1 Å². The van der Waals surface area contributed by atoms with Crippen LogP contribution in [0.25, 0.3) is 11.3 Å². The van der Waals surface area contributed by atoms with E-state index in [1.54, 1.807) is 9.58 Å². The molecule has 0 bridgehead atoms. The summed E-state index contributed by atoms with van der Waals surface area (Å²) in [6.45, 7) is 3.54. The zero-order valence-electron chi connectivity index (χ0n) is 17.7. The highest BCUT2D eigenvalue weighted by Gasteiger charge is 2.18. The number of ether oxygens (including phenoxy) is 1. The molecule has 0 saturated carbocycles. The van der Waals surface area contributed by atoms with Crippen LogP contribution in [0.1, 0.15) is 38.2 Å². The van der Waals surface area contributed by atoms with E-state index in [1.165, 1.54) is 19.3 Å². The molecule has 0 aliphatic rings. The first-order valence-corrected chi connectivity index (χ1v) is 10.4. The lowest BCUT2D eigenvalue weighted by molar-refractivity contribution is 0.200. The molecule has 29 heavy (non-hydrogen) atoms. The molecule has 3 rings (SSSR count). The SMILES string of the molecule is CCCCCCN(C)C(=O)n1cc(-c2ccc(OCc3ccccc3)cc2)n1C. The van der Waals surface area contributed by atoms with E-state index < -0.39 is 0 Å². The van der Waals surface area contributed by atoms with Gasteiger partial charge in [0, 0.05) is 26.2 Å². The Morgan fingerprint density at radius 2 is 1.72 bits per heavy atom. The average molecular weight is 394 g/mol. The summed E-state index contributed by atoms with van der Waals surface area (Å²) < 4.78 is 9.40. The van der Waals surface area contributed by atoms with E-state index in [0.29, 0.717) is 6.61 Å². The van der Waals surface area contributed by atoms with Crippen molar-refractivity contribution in [3.8, 4) is 17.0 Å². The Morgan fingerprint density at radius 3 is 2.38 bits per heavy atom. The molecule has 0 N–H and O–H groups in total. The second kappa shape index (κ2) is 10.0. The summed E-state index contributed by atoms with van der Waals surface area (Å²) in [5.74, 6) is 0.833. The minimum Gasteiger partial charge on any atom is -0.489 e. The van der Waals surface area contributed by atoms with Crippen LogP contribution in [-0.4, -0.2) is 33.9 Å². The Kier molecular flexibility index (Phi) is 7.17. The number of carbonyl (C=O) groups is 1. The van der Waals surface area contributed by atoms with Crippen molar-refractivity contribution in [3.05, 3.63) is 66.4 Å². The van der Waals surface area contributed by atoms with Gasteiger partial charge in [-0.25, -0.2) is 9.48 Å². The third kappa shape index (κ3) is 5.31. The van der Waals surface area contributed by atoms with Crippen LogP contribution in [-0.2, 0) is 13.7 Å². The summed E-state index contributed by atoms with van der Waals surface area (Å²) in [7, 11) is 3.78. The van der Waals surface area contributed by atoms with Crippen molar-refractivity contribution in [3.63, 3.8) is 0 Å². The lowest BCUT2D eigenvalue weighted by Crippen LogP contribution is -2.38. The van der Waals surface area contributed by atoms with E-state index in [4.69, 9.17) is 4.74 Å². The normalized spacial score (nSPS) is 10.9. The number of hydrogen-bond acceptors (Lipinski definition) is 2. The van der Waals surface area contributed by atoms with Crippen LogP contribution in [0.4, 0.5) is 4.79 Å². The maximum Gasteiger partial charge on any atom is 0.342 e. The van der Waals surface area contributed by atoms with Crippen LogP contribution >= 0.6 is 0 Å². The molecule has 0 fully saturated rings. The third-order valence-electron chi connectivity index (χ3n) is 5.18. The molecule has 0 radical (unpaired) electrons. The van der Waals surface area contributed by atoms with Crippen LogP contribution in [0.15, 0.2) is 60.8 Å². The molecular formula is C24H31N3O2. The molecule has 0 saturated heterocycles. The van der Waals surface area contributed by atoms with Gasteiger partial charge in [0.2, 0.25) is 0 Å². The van der Waals surface area contributed by atoms with Crippen LogP contribution in [0, 0.1) is 0 Å². The van der Waals surface area contributed by atoms with Gasteiger partial charge in [0.15, 0.2) is 0 Å². The Morgan fingerprint density at radius 1 is 1.00 bits per heavy atom. The summed E-state index contributed by atoms with van der Waals surface area (Å²) in [4.78, 5) is 14.4. The average Bonchev–Trinajstić information content (AvgIpc) is 2.75. The van der Waals surface area contributed by atoms with E-state index in [0.717, 1.165) is 35.5 Å². The number of unbranched alkanes of at least 4 members (excludes halogenated alkanes) is 3. The van der Waals surface area contributed by atoms with E-state index in [1.807, 2.05) is 67.4 Å². The topological polar surface area (TPSA) is 39.4 Å². The van der Waals surface area contributed by atoms with Crippen LogP contribution in [0.2, 0.25) is 0 Å². The zero-order valence-corrected chi connectivity index (χ0v) is 17.7. The first-order chi connectivity index (χ1) is 14.1. The summed E-state index contributed by atoms with van der Waals surface area (Å²) in [6.07, 6.45) is 6.54. The molecule has 1 amide bonds. The van der Waals surface area contributed by atoms with Crippen molar-refractivity contribution in [2.75, 3.05) is 13.6 Å². The van der Waals surface area contributed by atoms with Gasteiger partial charge in [-0.05, 0) is 36.2 Å². The number of hydrogen-bond donors (Lipinski definition) is 0. The number of carbonyl (C=O) groups excluding carboxylic acids is 1. The highest BCUT2D eigenvalue weighted by molar-refractivity contribution is 5.78. The van der Waals surface area contributed by atoms with Crippen molar-refractivity contribution in [1.82, 2.24) is 14.3 Å². The highest BCUT2D eigenvalue weighted by Crippen LogP contribution is 2.24. The largest absolute Gasteiger partial charge is 0.489 e. The van der Waals surface area contributed by atoms with Crippen LogP contribution in [0.5, 0.6) is 5.75 Å². The summed E-state index contributed by atoms with van der Waals surface area (Å²) >= 11 is 0. The molecule has 154 valence electrons. The summed E-state index contributed by atoms with van der Waals surface area (Å²) in [5, 5.41) is 0. The summed E-state index contributed by atoms with van der Waals surface area (Å²) in [6, 6.07) is 18.1. The zero-order chi connectivity index (χ0) is 20.6. The minimum absolute atomic E-state index is 0.00978. The molecule has 1 heterocycles. The number of rotatable bonds is 9.